The number of rotatable bonds is 5. The minimum atomic E-state index is -0.766. The maximum Gasteiger partial charge on any atom is 0.259 e. The number of carbonyl (C=O) groups is 1. The number of aryl methyl sites for hydroxylation is 3. The first-order valence-corrected chi connectivity index (χ1v) is 7.28. The second kappa shape index (κ2) is 5.77. The van der Waals surface area contributed by atoms with E-state index in [2.05, 4.69) is 11.4 Å². The lowest BCUT2D eigenvalue weighted by atomic mass is 9.98. The summed E-state index contributed by atoms with van der Waals surface area (Å²) >= 11 is 0. The lowest BCUT2D eigenvalue weighted by Crippen LogP contribution is -2.48. The molecule has 4 heteroatoms. The molecule has 1 N–H and O–H groups in total. The van der Waals surface area contributed by atoms with Gasteiger partial charge < -0.3 is 10.1 Å². The summed E-state index contributed by atoms with van der Waals surface area (Å²) < 4.78 is 5.65. The predicted molar refractivity (Wildman–Crippen MR) is 81.0 cm³/mol. The van der Waals surface area contributed by atoms with Crippen LogP contribution in [0.15, 0.2) is 12.1 Å². The molecule has 0 aromatic heterocycles. The number of carbonyl (C=O) groups excluding carboxylic acids is 1. The molecule has 1 aliphatic rings. The first-order valence-electron chi connectivity index (χ1n) is 7.28. The Morgan fingerprint density at radius 2 is 1.95 bits per heavy atom. The highest BCUT2D eigenvalue weighted by Crippen LogP contribution is 2.39. The second-order valence-corrected chi connectivity index (χ2v) is 6.15. The molecule has 0 bridgehead atoms. The maximum atomic E-state index is 12.0. The number of ether oxygens (including phenoxy) is 1. The van der Waals surface area contributed by atoms with Gasteiger partial charge >= 0.3 is 0 Å². The van der Waals surface area contributed by atoms with E-state index in [-0.39, 0.29) is 18.4 Å². The van der Waals surface area contributed by atoms with E-state index in [9.17, 15) is 10.1 Å². The van der Waals surface area contributed by atoms with Crippen LogP contribution in [0.4, 0.5) is 0 Å². The van der Waals surface area contributed by atoms with E-state index in [1.165, 1.54) is 5.56 Å². The number of nitrogens with one attached hydrogen (secondary N) is 1. The first-order chi connectivity index (χ1) is 9.85. The van der Waals surface area contributed by atoms with Crippen molar-refractivity contribution in [1.82, 2.24) is 5.32 Å². The summed E-state index contributed by atoms with van der Waals surface area (Å²) in [6.45, 7) is 7.69. The molecule has 112 valence electrons. The average molecular weight is 286 g/mol. The molecule has 1 atom stereocenters. The van der Waals surface area contributed by atoms with E-state index in [4.69, 9.17) is 4.74 Å². The molecular formula is C17H22N2O2. The van der Waals surface area contributed by atoms with E-state index < -0.39 is 5.54 Å². The average Bonchev–Trinajstić information content (AvgIpc) is 3.21. The highest BCUT2D eigenvalue weighted by atomic mass is 16.5. The van der Waals surface area contributed by atoms with Crippen LogP contribution >= 0.6 is 0 Å². The number of nitriles is 1. The molecule has 2 rings (SSSR count). The molecule has 0 radical (unpaired) electrons. The molecule has 1 amide bonds. The first kappa shape index (κ1) is 15.4. The van der Waals surface area contributed by atoms with Crippen molar-refractivity contribution in [1.29, 1.82) is 5.26 Å². The van der Waals surface area contributed by atoms with Crippen LogP contribution in [0.25, 0.3) is 0 Å². The van der Waals surface area contributed by atoms with Crippen molar-refractivity contribution < 1.29 is 9.53 Å². The molecule has 1 saturated carbocycles. The van der Waals surface area contributed by atoms with Crippen LogP contribution in [0.2, 0.25) is 0 Å². The molecular weight excluding hydrogens is 264 g/mol. The SMILES string of the molecule is Cc1cc(C)c(OCC(=O)N[C@@](C)(C#N)C2CC2)c(C)c1. The van der Waals surface area contributed by atoms with E-state index >= 15 is 0 Å². The van der Waals surface area contributed by atoms with Crippen LogP contribution in [0.3, 0.4) is 0 Å². The lowest BCUT2D eigenvalue weighted by Gasteiger charge is -2.23. The number of hydrogen-bond donors (Lipinski definition) is 1. The van der Waals surface area contributed by atoms with Gasteiger partial charge in [0.25, 0.3) is 5.91 Å². The summed E-state index contributed by atoms with van der Waals surface area (Å²) in [6, 6.07) is 6.28. The monoisotopic (exact) mass is 286 g/mol. The van der Waals surface area contributed by atoms with Crippen LogP contribution in [-0.2, 0) is 4.79 Å². The highest BCUT2D eigenvalue weighted by Gasteiger charge is 2.43. The quantitative estimate of drug-likeness (QED) is 0.905. The van der Waals surface area contributed by atoms with Crippen LogP contribution in [0.5, 0.6) is 5.75 Å². The minimum Gasteiger partial charge on any atom is -0.483 e. The fourth-order valence-electron chi connectivity index (χ4n) is 2.74. The van der Waals surface area contributed by atoms with Gasteiger partial charge in [0, 0.05) is 0 Å². The molecule has 1 aromatic rings. The standard InChI is InChI=1S/C17H22N2O2/c1-11-7-12(2)16(13(3)8-11)21-9-15(20)19-17(4,10-18)14-5-6-14/h7-8,14H,5-6,9H2,1-4H3,(H,19,20)/t17-/m0/s1. The zero-order valence-electron chi connectivity index (χ0n) is 13.1. The van der Waals surface area contributed by atoms with E-state index in [1.54, 1.807) is 6.92 Å². The van der Waals surface area contributed by atoms with E-state index in [0.717, 1.165) is 29.7 Å². The summed E-state index contributed by atoms with van der Waals surface area (Å²) in [5.41, 5.74) is 2.45. The molecule has 0 heterocycles. The van der Waals surface area contributed by atoms with Gasteiger partial charge in [-0.1, -0.05) is 17.7 Å². The van der Waals surface area contributed by atoms with Crippen molar-refractivity contribution in [2.45, 2.75) is 46.1 Å². The predicted octanol–water partition coefficient (Wildman–Crippen LogP) is 2.80. The molecule has 1 aliphatic carbocycles. The van der Waals surface area contributed by atoms with Crippen molar-refractivity contribution in [2.24, 2.45) is 5.92 Å². The minimum absolute atomic E-state index is 0.0608. The van der Waals surface area contributed by atoms with Crippen molar-refractivity contribution >= 4 is 5.91 Å². The lowest BCUT2D eigenvalue weighted by molar-refractivity contribution is -0.124. The summed E-state index contributed by atoms with van der Waals surface area (Å²) in [5, 5.41) is 12.0. The third-order valence-electron chi connectivity index (χ3n) is 3.98. The topological polar surface area (TPSA) is 62.1 Å². The van der Waals surface area contributed by atoms with Gasteiger partial charge in [0.05, 0.1) is 6.07 Å². The Morgan fingerprint density at radius 3 is 2.43 bits per heavy atom. The summed E-state index contributed by atoms with van der Waals surface area (Å²) in [7, 11) is 0. The van der Waals surface area contributed by atoms with Gasteiger partial charge in [0.2, 0.25) is 0 Å². The number of hydrogen-bond acceptors (Lipinski definition) is 3. The van der Waals surface area contributed by atoms with Gasteiger partial charge in [0.15, 0.2) is 6.61 Å². The Morgan fingerprint density at radius 1 is 1.38 bits per heavy atom. The van der Waals surface area contributed by atoms with Gasteiger partial charge in [0.1, 0.15) is 11.3 Å². The van der Waals surface area contributed by atoms with E-state index in [0.29, 0.717) is 0 Å². The molecule has 0 saturated heterocycles. The number of benzene rings is 1. The highest BCUT2D eigenvalue weighted by molar-refractivity contribution is 5.79. The number of nitrogens with zero attached hydrogens (tertiary/aromatic N) is 1. The van der Waals surface area contributed by atoms with Crippen LogP contribution in [-0.4, -0.2) is 18.1 Å². The summed E-state index contributed by atoms with van der Waals surface area (Å²) in [6.07, 6.45) is 2.00. The molecule has 0 spiro atoms. The molecule has 1 aromatic carbocycles. The van der Waals surface area contributed by atoms with E-state index in [1.807, 2.05) is 32.9 Å². The van der Waals surface area contributed by atoms with Gasteiger partial charge in [-0.3, -0.25) is 4.79 Å². The Hall–Kier alpha value is -2.02. The Balaban J connectivity index is 1.97. The maximum absolute atomic E-state index is 12.0. The molecule has 1 fully saturated rings. The zero-order chi connectivity index (χ0) is 15.6. The third kappa shape index (κ3) is 3.55. The smallest absolute Gasteiger partial charge is 0.259 e. The van der Waals surface area contributed by atoms with Crippen LogP contribution in [0, 0.1) is 38.0 Å². The fraction of sp³-hybridized carbons (Fsp3) is 0.529. The Labute approximate surface area is 126 Å². The van der Waals surface area contributed by atoms with Crippen molar-refractivity contribution in [3.63, 3.8) is 0 Å². The molecule has 0 unspecified atom stereocenters. The Bertz CT molecular complexity index is 576. The second-order valence-electron chi connectivity index (χ2n) is 6.15. The van der Waals surface area contributed by atoms with Gasteiger partial charge in [-0.05, 0) is 57.6 Å². The summed E-state index contributed by atoms with van der Waals surface area (Å²) in [5.74, 6) is 0.778. The summed E-state index contributed by atoms with van der Waals surface area (Å²) in [4.78, 5) is 12.0. The van der Waals surface area contributed by atoms with Gasteiger partial charge in [-0.2, -0.15) is 5.26 Å². The molecule has 0 aliphatic heterocycles. The van der Waals surface area contributed by atoms with Gasteiger partial charge in [-0.25, -0.2) is 0 Å². The largest absolute Gasteiger partial charge is 0.483 e. The number of amides is 1. The third-order valence-corrected chi connectivity index (χ3v) is 3.98. The van der Waals surface area contributed by atoms with Crippen LogP contribution in [0.1, 0.15) is 36.5 Å². The zero-order valence-corrected chi connectivity index (χ0v) is 13.1. The molecule has 21 heavy (non-hydrogen) atoms. The molecule has 4 nitrogen and oxygen atoms in total. The Kier molecular flexibility index (Phi) is 4.22. The normalized spacial score (nSPS) is 16.7. The van der Waals surface area contributed by atoms with Crippen molar-refractivity contribution in [2.75, 3.05) is 6.61 Å². The van der Waals surface area contributed by atoms with Gasteiger partial charge in [-0.15, -0.1) is 0 Å². The van der Waals surface area contributed by atoms with Crippen LogP contribution < -0.4 is 10.1 Å². The fourth-order valence-corrected chi connectivity index (χ4v) is 2.74. The van der Waals surface area contributed by atoms with Crippen molar-refractivity contribution in [3.8, 4) is 11.8 Å². The van der Waals surface area contributed by atoms with Crippen molar-refractivity contribution in [3.05, 3.63) is 28.8 Å².